The summed E-state index contributed by atoms with van der Waals surface area (Å²) >= 11 is 0. The molecule has 5 nitrogen and oxygen atoms in total. The Hall–Kier alpha value is -2.04. The molecule has 1 aromatic carbocycles. The Morgan fingerprint density at radius 1 is 1.32 bits per heavy atom. The van der Waals surface area contributed by atoms with Gasteiger partial charge in [-0.3, -0.25) is 9.59 Å². The molecule has 0 aliphatic carbocycles. The minimum atomic E-state index is -1.07. The number of rotatable bonds is 5. The number of hydrogen-bond acceptors (Lipinski definition) is 3. The molecule has 0 aromatic heterocycles. The summed E-state index contributed by atoms with van der Waals surface area (Å²) in [6, 6.07) is 5.47. The van der Waals surface area contributed by atoms with E-state index in [-0.39, 0.29) is 5.91 Å². The third-order valence-corrected chi connectivity index (χ3v) is 2.89. The van der Waals surface area contributed by atoms with Gasteiger partial charge in [0.2, 0.25) is 5.91 Å². The third kappa shape index (κ3) is 3.71. The Kier molecular flexibility index (Phi) is 4.53. The number of aryl methyl sites for hydroxylation is 1. The predicted octanol–water partition coefficient (Wildman–Crippen LogP) is 1.42. The average molecular weight is 263 g/mol. The third-order valence-electron chi connectivity index (χ3n) is 2.89. The first-order valence-electron chi connectivity index (χ1n) is 6.25. The zero-order chi connectivity index (χ0) is 14.6. The molecule has 0 aliphatic rings. The van der Waals surface area contributed by atoms with Crippen molar-refractivity contribution in [1.29, 1.82) is 0 Å². The highest BCUT2D eigenvalue weighted by Gasteiger charge is 2.27. The van der Waals surface area contributed by atoms with E-state index in [1.54, 1.807) is 19.9 Å². The SMILES string of the molecule is CCNc1ccc(C(=O)NC(C)(C)C(N)=O)c(C)c1. The van der Waals surface area contributed by atoms with Crippen LogP contribution < -0.4 is 16.4 Å². The van der Waals surface area contributed by atoms with Crippen molar-refractivity contribution in [3.05, 3.63) is 29.3 Å². The molecule has 1 aromatic rings. The highest BCUT2D eigenvalue weighted by Crippen LogP contribution is 2.16. The van der Waals surface area contributed by atoms with Crippen molar-refractivity contribution in [2.75, 3.05) is 11.9 Å². The van der Waals surface area contributed by atoms with Crippen molar-refractivity contribution in [3.63, 3.8) is 0 Å². The van der Waals surface area contributed by atoms with Gasteiger partial charge in [0.05, 0.1) is 0 Å². The Balaban J connectivity index is 2.92. The van der Waals surface area contributed by atoms with Gasteiger partial charge >= 0.3 is 0 Å². The van der Waals surface area contributed by atoms with Gasteiger partial charge < -0.3 is 16.4 Å². The van der Waals surface area contributed by atoms with Crippen LogP contribution in [0.15, 0.2) is 18.2 Å². The summed E-state index contributed by atoms with van der Waals surface area (Å²) in [7, 11) is 0. The summed E-state index contributed by atoms with van der Waals surface area (Å²) in [6.07, 6.45) is 0. The lowest BCUT2D eigenvalue weighted by Crippen LogP contribution is -2.53. The molecule has 4 N–H and O–H groups in total. The first-order valence-corrected chi connectivity index (χ1v) is 6.25. The van der Waals surface area contributed by atoms with Crippen LogP contribution in [0.25, 0.3) is 0 Å². The van der Waals surface area contributed by atoms with E-state index in [4.69, 9.17) is 5.73 Å². The topological polar surface area (TPSA) is 84.2 Å². The van der Waals surface area contributed by atoms with E-state index in [1.807, 2.05) is 26.0 Å². The first-order chi connectivity index (χ1) is 8.77. The fourth-order valence-electron chi connectivity index (χ4n) is 1.65. The van der Waals surface area contributed by atoms with Gasteiger partial charge in [0.1, 0.15) is 5.54 Å². The molecule has 104 valence electrons. The second kappa shape index (κ2) is 5.73. The van der Waals surface area contributed by atoms with Crippen molar-refractivity contribution in [3.8, 4) is 0 Å². The number of carbonyl (C=O) groups is 2. The fourth-order valence-corrected chi connectivity index (χ4v) is 1.65. The molecule has 2 amide bonds. The van der Waals surface area contributed by atoms with Gasteiger partial charge in [-0.05, 0) is 51.5 Å². The van der Waals surface area contributed by atoms with Crippen LogP contribution in [0.2, 0.25) is 0 Å². The number of nitrogens with two attached hydrogens (primary N) is 1. The standard InChI is InChI=1S/C14H21N3O2/c1-5-16-10-6-7-11(9(2)8-10)12(18)17-14(3,4)13(15)19/h6-8,16H,5H2,1-4H3,(H2,15,19)(H,17,18). The molecule has 19 heavy (non-hydrogen) atoms. The summed E-state index contributed by atoms with van der Waals surface area (Å²) in [5, 5.41) is 5.81. The van der Waals surface area contributed by atoms with Gasteiger partial charge in [-0.2, -0.15) is 0 Å². The molecule has 0 bridgehead atoms. The lowest BCUT2D eigenvalue weighted by Gasteiger charge is -2.22. The summed E-state index contributed by atoms with van der Waals surface area (Å²) in [5.41, 5.74) is 6.51. The van der Waals surface area contributed by atoms with Crippen LogP contribution in [-0.4, -0.2) is 23.9 Å². The molecular weight excluding hydrogens is 242 g/mol. The Labute approximate surface area is 113 Å². The Morgan fingerprint density at radius 3 is 2.42 bits per heavy atom. The highest BCUT2D eigenvalue weighted by molar-refractivity contribution is 5.99. The smallest absolute Gasteiger partial charge is 0.252 e. The molecular formula is C14H21N3O2. The molecule has 0 aliphatic heterocycles. The van der Waals surface area contributed by atoms with Crippen molar-refractivity contribution in [2.24, 2.45) is 5.73 Å². The van der Waals surface area contributed by atoms with Crippen molar-refractivity contribution >= 4 is 17.5 Å². The molecule has 0 heterocycles. The van der Waals surface area contributed by atoms with E-state index >= 15 is 0 Å². The molecule has 0 unspecified atom stereocenters. The Morgan fingerprint density at radius 2 is 1.95 bits per heavy atom. The summed E-state index contributed by atoms with van der Waals surface area (Å²) in [5.74, 6) is -0.868. The first kappa shape index (κ1) is 15.0. The quantitative estimate of drug-likeness (QED) is 0.751. The van der Waals surface area contributed by atoms with E-state index in [1.165, 1.54) is 0 Å². The van der Waals surface area contributed by atoms with Crippen LogP contribution in [0.5, 0.6) is 0 Å². The van der Waals surface area contributed by atoms with Crippen LogP contribution in [-0.2, 0) is 4.79 Å². The number of benzene rings is 1. The molecule has 0 atom stereocenters. The van der Waals surface area contributed by atoms with E-state index in [0.29, 0.717) is 5.56 Å². The molecule has 0 radical (unpaired) electrons. The maximum absolute atomic E-state index is 12.1. The maximum atomic E-state index is 12.1. The lowest BCUT2D eigenvalue weighted by molar-refractivity contribution is -0.122. The van der Waals surface area contributed by atoms with Crippen LogP contribution >= 0.6 is 0 Å². The Bertz CT molecular complexity index is 495. The molecule has 0 saturated heterocycles. The maximum Gasteiger partial charge on any atom is 0.252 e. The average Bonchev–Trinajstić information content (AvgIpc) is 2.28. The molecule has 0 saturated carbocycles. The van der Waals surface area contributed by atoms with Gasteiger partial charge in [0, 0.05) is 17.8 Å². The summed E-state index contributed by atoms with van der Waals surface area (Å²) < 4.78 is 0. The van der Waals surface area contributed by atoms with Crippen molar-refractivity contribution in [2.45, 2.75) is 33.2 Å². The minimum Gasteiger partial charge on any atom is -0.385 e. The molecule has 0 fully saturated rings. The molecule has 0 spiro atoms. The van der Waals surface area contributed by atoms with Gasteiger partial charge in [-0.25, -0.2) is 0 Å². The number of nitrogens with one attached hydrogen (secondary N) is 2. The highest BCUT2D eigenvalue weighted by atomic mass is 16.2. The van der Waals surface area contributed by atoms with Crippen molar-refractivity contribution in [1.82, 2.24) is 5.32 Å². The lowest BCUT2D eigenvalue weighted by atomic mass is 10.0. The largest absolute Gasteiger partial charge is 0.385 e. The number of primary amides is 1. The predicted molar refractivity (Wildman–Crippen MR) is 76.1 cm³/mol. The second-order valence-electron chi connectivity index (χ2n) is 5.00. The van der Waals surface area contributed by atoms with Gasteiger partial charge in [0.15, 0.2) is 0 Å². The molecule has 5 heteroatoms. The van der Waals surface area contributed by atoms with Gasteiger partial charge in [-0.15, -0.1) is 0 Å². The van der Waals surface area contributed by atoms with Gasteiger partial charge in [0.25, 0.3) is 5.91 Å². The fraction of sp³-hybridized carbons (Fsp3) is 0.429. The second-order valence-corrected chi connectivity index (χ2v) is 5.00. The van der Waals surface area contributed by atoms with E-state index in [2.05, 4.69) is 10.6 Å². The summed E-state index contributed by atoms with van der Waals surface area (Å²) in [4.78, 5) is 23.3. The number of carbonyl (C=O) groups excluding carboxylic acids is 2. The molecule has 1 rings (SSSR count). The van der Waals surface area contributed by atoms with E-state index in [9.17, 15) is 9.59 Å². The minimum absolute atomic E-state index is 0.302. The normalized spacial score (nSPS) is 10.9. The van der Waals surface area contributed by atoms with Crippen molar-refractivity contribution < 1.29 is 9.59 Å². The monoisotopic (exact) mass is 263 g/mol. The van der Waals surface area contributed by atoms with Crippen LogP contribution in [0.4, 0.5) is 5.69 Å². The van der Waals surface area contributed by atoms with E-state index in [0.717, 1.165) is 17.8 Å². The number of amides is 2. The van der Waals surface area contributed by atoms with Crippen LogP contribution in [0.1, 0.15) is 36.7 Å². The van der Waals surface area contributed by atoms with Crippen LogP contribution in [0.3, 0.4) is 0 Å². The zero-order valence-electron chi connectivity index (χ0n) is 11.8. The number of hydrogen-bond donors (Lipinski definition) is 3. The van der Waals surface area contributed by atoms with Crippen LogP contribution in [0, 0.1) is 6.92 Å². The summed E-state index contributed by atoms with van der Waals surface area (Å²) in [6.45, 7) is 7.84. The van der Waals surface area contributed by atoms with E-state index < -0.39 is 11.4 Å². The number of anilines is 1. The zero-order valence-corrected chi connectivity index (χ0v) is 11.8. The van der Waals surface area contributed by atoms with Gasteiger partial charge in [-0.1, -0.05) is 0 Å².